The number of aliphatic imine (C=N–C) groups is 1. The van der Waals surface area contributed by atoms with Crippen LogP contribution in [0.25, 0.3) is 0 Å². The lowest BCUT2D eigenvalue weighted by Gasteiger charge is -2.15. The maximum atomic E-state index is 9.04. The monoisotopic (exact) mass is 401 g/mol. The molecule has 20 heavy (non-hydrogen) atoms. The highest BCUT2D eigenvalue weighted by Gasteiger charge is 2.07. The van der Waals surface area contributed by atoms with Gasteiger partial charge in [0, 0.05) is 40.0 Å². The average Bonchev–Trinajstić information content (AvgIpc) is 2.41. The molecule has 0 aromatic carbocycles. The number of aliphatic hydroxyl groups excluding tert-OH is 1. The lowest BCUT2D eigenvalue weighted by atomic mass is 10.0. The first-order chi connectivity index (χ1) is 9.28. The Labute approximate surface area is 141 Å². The molecule has 0 aromatic heterocycles. The molecule has 0 aromatic rings. The molecule has 122 valence electrons. The van der Waals surface area contributed by atoms with E-state index < -0.39 is 0 Å². The Hall–Kier alpha value is -0.0800. The largest absolute Gasteiger partial charge is 0.396 e. The molecule has 0 saturated heterocycles. The lowest BCUT2D eigenvalue weighted by Crippen LogP contribution is -2.38. The number of nitrogens with zero attached hydrogens (tertiary/aromatic N) is 1. The standard InChI is InChI=1S/C14H31N3O2.HI/c1-4-7-13(8-10-18)12-17-14(15-5-2)16-9-6-11-19-3;/h13,18H,4-12H2,1-3H3,(H2,15,16,17);1H. The Morgan fingerprint density at radius 1 is 1.25 bits per heavy atom. The number of hydrogen-bond donors (Lipinski definition) is 3. The topological polar surface area (TPSA) is 65.9 Å². The second kappa shape index (κ2) is 17.0. The number of hydrogen-bond acceptors (Lipinski definition) is 3. The minimum Gasteiger partial charge on any atom is -0.396 e. The van der Waals surface area contributed by atoms with Crippen molar-refractivity contribution in [2.45, 2.75) is 39.5 Å². The molecule has 0 radical (unpaired) electrons. The smallest absolute Gasteiger partial charge is 0.191 e. The van der Waals surface area contributed by atoms with Gasteiger partial charge in [-0.05, 0) is 32.1 Å². The van der Waals surface area contributed by atoms with Gasteiger partial charge in [0.2, 0.25) is 0 Å². The summed E-state index contributed by atoms with van der Waals surface area (Å²) in [6.07, 6.45) is 4.06. The summed E-state index contributed by atoms with van der Waals surface area (Å²) in [7, 11) is 1.71. The van der Waals surface area contributed by atoms with E-state index in [1.165, 1.54) is 0 Å². The molecule has 0 saturated carbocycles. The molecule has 0 aliphatic rings. The van der Waals surface area contributed by atoms with Crippen molar-refractivity contribution < 1.29 is 9.84 Å². The number of methoxy groups -OCH3 is 1. The molecule has 0 amide bonds. The van der Waals surface area contributed by atoms with Crippen LogP contribution in [0.2, 0.25) is 0 Å². The van der Waals surface area contributed by atoms with E-state index in [0.717, 1.165) is 57.9 Å². The molecule has 0 heterocycles. The van der Waals surface area contributed by atoms with Crippen molar-refractivity contribution in [2.75, 3.05) is 40.0 Å². The van der Waals surface area contributed by atoms with Gasteiger partial charge in [0.15, 0.2) is 5.96 Å². The summed E-state index contributed by atoms with van der Waals surface area (Å²) in [4.78, 5) is 4.59. The third-order valence-corrected chi connectivity index (χ3v) is 2.90. The predicted molar refractivity (Wildman–Crippen MR) is 96.0 cm³/mol. The Morgan fingerprint density at radius 2 is 2.00 bits per heavy atom. The fourth-order valence-corrected chi connectivity index (χ4v) is 1.90. The van der Waals surface area contributed by atoms with E-state index in [4.69, 9.17) is 9.84 Å². The van der Waals surface area contributed by atoms with Crippen LogP contribution in [0.3, 0.4) is 0 Å². The van der Waals surface area contributed by atoms with Crippen LogP contribution in [-0.4, -0.2) is 51.0 Å². The molecule has 3 N–H and O–H groups in total. The van der Waals surface area contributed by atoms with Crippen molar-refractivity contribution in [3.05, 3.63) is 0 Å². The summed E-state index contributed by atoms with van der Waals surface area (Å²) in [5.41, 5.74) is 0. The van der Waals surface area contributed by atoms with Gasteiger partial charge in [0.1, 0.15) is 0 Å². The summed E-state index contributed by atoms with van der Waals surface area (Å²) in [6.45, 7) is 7.72. The molecule has 0 fully saturated rings. The minimum absolute atomic E-state index is 0. The van der Waals surface area contributed by atoms with Crippen LogP contribution >= 0.6 is 24.0 Å². The second-order valence-corrected chi connectivity index (χ2v) is 4.66. The summed E-state index contributed by atoms with van der Waals surface area (Å²) >= 11 is 0. The van der Waals surface area contributed by atoms with Gasteiger partial charge in [-0.15, -0.1) is 24.0 Å². The van der Waals surface area contributed by atoms with Gasteiger partial charge in [-0.3, -0.25) is 4.99 Å². The van der Waals surface area contributed by atoms with Crippen molar-refractivity contribution >= 4 is 29.9 Å². The molecular formula is C14H32IN3O2. The second-order valence-electron chi connectivity index (χ2n) is 4.66. The van der Waals surface area contributed by atoms with Gasteiger partial charge in [-0.25, -0.2) is 0 Å². The normalized spacial score (nSPS) is 12.7. The molecule has 5 nitrogen and oxygen atoms in total. The third kappa shape index (κ3) is 12.9. The minimum atomic E-state index is 0. The summed E-state index contributed by atoms with van der Waals surface area (Å²) in [6, 6.07) is 0. The third-order valence-electron chi connectivity index (χ3n) is 2.90. The SMILES string of the molecule is CCCC(CCO)CN=C(NCC)NCCCOC.I. The van der Waals surface area contributed by atoms with E-state index in [-0.39, 0.29) is 30.6 Å². The zero-order chi connectivity index (χ0) is 14.3. The van der Waals surface area contributed by atoms with E-state index in [0.29, 0.717) is 5.92 Å². The summed E-state index contributed by atoms with van der Waals surface area (Å²) in [5.74, 6) is 1.34. The first-order valence-electron chi connectivity index (χ1n) is 7.40. The van der Waals surface area contributed by atoms with Gasteiger partial charge in [0.25, 0.3) is 0 Å². The summed E-state index contributed by atoms with van der Waals surface area (Å²) in [5, 5.41) is 15.6. The van der Waals surface area contributed by atoms with E-state index >= 15 is 0 Å². The Morgan fingerprint density at radius 3 is 2.55 bits per heavy atom. The quantitative estimate of drug-likeness (QED) is 0.215. The summed E-state index contributed by atoms with van der Waals surface area (Å²) < 4.78 is 5.02. The molecule has 1 atom stereocenters. The van der Waals surface area contributed by atoms with Crippen molar-refractivity contribution in [3.8, 4) is 0 Å². The van der Waals surface area contributed by atoms with E-state index in [2.05, 4.69) is 29.5 Å². The van der Waals surface area contributed by atoms with Crippen LogP contribution in [0.15, 0.2) is 4.99 Å². The van der Waals surface area contributed by atoms with Crippen LogP contribution < -0.4 is 10.6 Å². The molecular weight excluding hydrogens is 369 g/mol. The molecule has 0 aliphatic carbocycles. The molecule has 0 bridgehead atoms. The highest BCUT2D eigenvalue weighted by Crippen LogP contribution is 2.10. The highest BCUT2D eigenvalue weighted by atomic mass is 127. The van der Waals surface area contributed by atoms with E-state index in [9.17, 15) is 0 Å². The highest BCUT2D eigenvalue weighted by molar-refractivity contribution is 14.0. The number of rotatable bonds is 11. The number of halogens is 1. The van der Waals surface area contributed by atoms with Crippen LogP contribution in [0.4, 0.5) is 0 Å². The molecule has 1 unspecified atom stereocenters. The van der Waals surface area contributed by atoms with E-state index in [1.54, 1.807) is 7.11 Å². The van der Waals surface area contributed by atoms with Gasteiger partial charge < -0.3 is 20.5 Å². The average molecular weight is 401 g/mol. The number of aliphatic hydroxyl groups is 1. The van der Waals surface area contributed by atoms with Crippen molar-refractivity contribution in [1.82, 2.24) is 10.6 Å². The number of ether oxygens (including phenoxy) is 1. The lowest BCUT2D eigenvalue weighted by molar-refractivity contribution is 0.195. The van der Waals surface area contributed by atoms with Crippen molar-refractivity contribution in [2.24, 2.45) is 10.9 Å². The van der Waals surface area contributed by atoms with Crippen LogP contribution in [-0.2, 0) is 4.74 Å². The Kier molecular flexibility index (Phi) is 18.8. The number of nitrogens with one attached hydrogen (secondary N) is 2. The fraction of sp³-hybridized carbons (Fsp3) is 0.929. The van der Waals surface area contributed by atoms with Gasteiger partial charge in [-0.1, -0.05) is 13.3 Å². The zero-order valence-electron chi connectivity index (χ0n) is 13.2. The van der Waals surface area contributed by atoms with Gasteiger partial charge in [0.05, 0.1) is 0 Å². The molecule has 6 heteroatoms. The maximum absolute atomic E-state index is 9.04. The fourth-order valence-electron chi connectivity index (χ4n) is 1.90. The first-order valence-corrected chi connectivity index (χ1v) is 7.40. The van der Waals surface area contributed by atoms with Crippen molar-refractivity contribution in [3.63, 3.8) is 0 Å². The van der Waals surface area contributed by atoms with E-state index in [1.807, 2.05) is 0 Å². The zero-order valence-corrected chi connectivity index (χ0v) is 15.5. The van der Waals surface area contributed by atoms with Gasteiger partial charge in [-0.2, -0.15) is 0 Å². The maximum Gasteiger partial charge on any atom is 0.191 e. The predicted octanol–water partition coefficient (Wildman–Crippen LogP) is 1.99. The molecule has 0 spiro atoms. The Balaban J connectivity index is 0. The van der Waals surface area contributed by atoms with Gasteiger partial charge >= 0.3 is 0 Å². The van der Waals surface area contributed by atoms with Crippen LogP contribution in [0.5, 0.6) is 0 Å². The van der Waals surface area contributed by atoms with Crippen LogP contribution in [0, 0.1) is 5.92 Å². The number of guanidine groups is 1. The molecule has 0 rings (SSSR count). The first kappa shape index (κ1) is 22.2. The Bertz CT molecular complexity index is 222. The van der Waals surface area contributed by atoms with Crippen molar-refractivity contribution in [1.29, 1.82) is 0 Å². The van der Waals surface area contributed by atoms with Crippen LogP contribution in [0.1, 0.15) is 39.5 Å². The molecule has 0 aliphatic heterocycles.